The van der Waals surface area contributed by atoms with Crippen molar-refractivity contribution in [2.24, 2.45) is 5.92 Å². The first-order valence-electron chi connectivity index (χ1n) is 6.72. The summed E-state index contributed by atoms with van der Waals surface area (Å²) in [5.41, 5.74) is 0. The summed E-state index contributed by atoms with van der Waals surface area (Å²) in [6.45, 7) is 5.16. The van der Waals surface area contributed by atoms with Crippen molar-refractivity contribution in [3.8, 4) is 0 Å². The predicted octanol–water partition coefficient (Wildman–Crippen LogP) is 1.26. The molecule has 110 valence electrons. The summed E-state index contributed by atoms with van der Waals surface area (Å²) >= 11 is 0. The topological polar surface area (TPSA) is 70.1 Å². The molecule has 0 bridgehead atoms. The van der Waals surface area contributed by atoms with Gasteiger partial charge in [0, 0.05) is 26.2 Å². The molecule has 0 aromatic rings. The number of carboxylic acids is 1. The van der Waals surface area contributed by atoms with Gasteiger partial charge in [-0.1, -0.05) is 13.8 Å². The molecule has 0 atom stereocenters. The van der Waals surface area contributed by atoms with Gasteiger partial charge in [-0.15, -0.1) is 0 Å². The number of aliphatic carboxylic acids is 1. The quantitative estimate of drug-likeness (QED) is 0.722. The van der Waals surface area contributed by atoms with Gasteiger partial charge in [0.25, 0.3) is 0 Å². The molecular weight excluding hydrogens is 248 g/mol. The zero-order chi connectivity index (χ0) is 14.4. The number of carbonyl (C=O) groups is 2. The molecule has 2 amide bonds. The highest BCUT2D eigenvalue weighted by Crippen LogP contribution is 2.27. The van der Waals surface area contributed by atoms with Crippen molar-refractivity contribution >= 4 is 12.0 Å². The normalized spacial score (nSPS) is 14.5. The lowest BCUT2D eigenvalue weighted by Crippen LogP contribution is -2.48. The highest BCUT2D eigenvalue weighted by molar-refractivity contribution is 5.80. The van der Waals surface area contributed by atoms with Crippen molar-refractivity contribution in [3.05, 3.63) is 0 Å². The van der Waals surface area contributed by atoms with Crippen LogP contribution in [0.2, 0.25) is 0 Å². The van der Waals surface area contributed by atoms with Crippen molar-refractivity contribution < 1.29 is 19.4 Å². The van der Waals surface area contributed by atoms with Gasteiger partial charge in [-0.2, -0.15) is 0 Å². The molecule has 0 aromatic heterocycles. The second-order valence-electron chi connectivity index (χ2n) is 5.37. The first kappa shape index (κ1) is 15.8. The SMILES string of the molecule is COCCN(C(=O)N(CC(=O)O)CC(C)C)C1CC1. The minimum atomic E-state index is -0.975. The Morgan fingerprint density at radius 1 is 1.37 bits per heavy atom. The van der Waals surface area contributed by atoms with Crippen LogP contribution in [0.5, 0.6) is 0 Å². The highest BCUT2D eigenvalue weighted by atomic mass is 16.5. The van der Waals surface area contributed by atoms with E-state index in [0.717, 1.165) is 12.8 Å². The highest BCUT2D eigenvalue weighted by Gasteiger charge is 2.35. The van der Waals surface area contributed by atoms with E-state index in [0.29, 0.717) is 19.7 Å². The first-order valence-corrected chi connectivity index (χ1v) is 6.72. The summed E-state index contributed by atoms with van der Waals surface area (Å²) in [7, 11) is 1.60. The third kappa shape index (κ3) is 5.46. The molecule has 0 heterocycles. The van der Waals surface area contributed by atoms with E-state index in [-0.39, 0.29) is 24.5 Å². The van der Waals surface area contributed by atoms with E-state index < -0.39 is 5.97 Å². The lowest BCUT2D eigenvalue weighted by molar-refractivity contribution is -0.137. The van der Waals surface area contributed by atoms with E-state index in [1.807, 2.05) is 13.8 Å². The number of amides is 2. The zero-order valence-corrected chi connectivity index (χ0v) is 12.0. The zero-order valence-electron chi connectivity index (χ0n) is 12.0. The number of ether oxygens (including phenoxy) is 1. The number of methoxy groups -OCH3 is 1. The summed E-state index contributed by atoms with van der Waals surface area (Å²) in [6, 6.07) is 0.0711. The van der Waals surface area contributed by atoms with Gasteiger partial charge < -0.3 is 19.6 Å². The van der Waals surface area contributed by atoms with Crippen molar-refractivity contribution in [1.29, 1.82) is 0 Å². The van der Waals surface area contributed by atoms with E-state index in [2.05, 4.69) is 0 Å². The molecule has 0 aromatic carbocycles. The average molecular weight is 272 g/mol. The molecule has 1 saturated carbocycles. The summed E-state index contributed by atoms with van der Waals surface area (Å²) in [5, 5.41) is 8.92. The van der Waals surface area contributed by atoms with E-state index in [1.165, 1.54) is 4.90 Å². The standard InChI is InChI=1S/C13H24N2O4/c1-10(2)8-14(9-12(16)17)13(18)15(6-7-19-3)11-4-5-11/h10-11H,4-9H2,1-3H3,(H,16,17). The van der Waals surface area contributed by atoms with Gasteiger partial charge in [-0.3, -0.25) is 4.79 Å². The minimum absolute atomic E-state index is 0.185. The number of hydrogen-bond acceptors (Lipinski definition) is 3. The fraction of sp³-hybridized carbons (Fsp3) is 0.846. The first-order chi connectivity index (χ1) is 8.95. The lowest BCUT2D eigenvalue weighted by Gasteiger charge is -2.30. The number of nitrogens with zero attached hydrogens (tertiary/aromatic N) is 2. The molecule has 1 N–H and O–H groups in total. The summed E-state index contributed by atoms with van der Waals surface area (Å²) < 4.78 is 5.01. The molecule has 19 heavy (non-hydrogen) atoms. The molecule has 1 aliphatic carbocycles. The van der Waals surface area contributed by atoms with Crippen LogP contribution in [0.1, 0.15) is 26.7 Å². The van der Waals surface area contributed by atoms with Crippen molar-refractivity contribution in [3.63, 3.8) is 0 Å². The van der Waals surface area contributed by atoms with Gasteiger partial charge in [0.15, 0.2) is 0 Å². The smallest absolute Gasteiger partial charge is 0.323 e. The molecule has 0 saturated heterocycles. The summed E-state index contributed by atoms with van der Waals surface area (Å²) in [6.07, 6.45) is 2.00. The summed E-state index contributed by atoms with van der Waals surface area (Å²) in [5.74, 6) is -0.733. The molecule has 6 heteroatoms. The van der Waals surface area contributed by atoms with Crippen LogP contribution in [-0.4, -0.2) is 66.3 Å². The third-order valence-electron chi connectivity index (χ3n) is 2.95. The molecule has 0 radical (unpaired) electrons. The third-order valence-corrected chi connectivity index (χ3v) is 2.95. The number of carbonyl (C=O) groups excluding carboxylic acids is 1. The van der Waals surface area contributed by atoms with E-state index >= 15 is 0 Å². The van der Waals surface area contributed by atoms with E-state index in [1.54, 1.807) is 12.0 Å². The Kier molecular flexibility index (Phi) is 6.08. The van der Waals surface area contributed by atoms with Crippen LogP contribution < -0.4 is 0 Å². The van der Waals surface area contributed by atoms with Gasteiger partial charge in [0.05, 0.1) is 6.61 Å². The van der Waals surface area contributed by atoms with Crippen molar-refractivity contribution in [2.75, 3.05) is 33.4 Å². The summed E-state index contributed by atoms with van der Waals surface area (Å²) in [4.78, 5) is 26.5. The Labute approximate surface area is 114 Å². The van der Waals surface area contributed by atoms with Gasteiger partial charge in [-0.05, 0) is 18.8 Å². The molecule has 1 aliphatic rings. The van der Waals surface area contributed by atoms with Gasteiger partial charge in [0.2, 0.25) is 0 Å². The number of hydrogen-bond donors (Lipinski definition) is 1. The largest absolute Gasteiger partial charge is 0.480 e. The van der Waals surface area contributed by atoms with E-state index in [9.17, 15) is 9.59 Å². The van der Waals surface area contributed by atoms with Crippen LogP contribution >= 0.6 is 0 Å². The minimum Gasteiger partial charge on any atom is -0.480 e. The Morgan fingerprint density at radius 3 is 2.42 bits per heavy atom. The second-order valence-corrected chi connectivity index (χ2v) is 5.37. The van der Waals surface area contributed by atoms with Crippen LogP contribution in [0, 0.1) is 5.92 Å². The second kappa shape index (κ2) is 7.33. The molecule has 6 nitrogen and oxygen atoms in total. The van der Waals surface area contributed by atoms with Crippen LogP contribution in [0.25, 0.3) is 0 Å². The maximum Gasteiger partial charge on any atom is 0.323 e. The van der Waals surface area contributed by atoms with Crippen LogP contribution in [-0.2, 0) is 9.53 Å². The Bertz CT molecular complexity index is 316. The number of urea groups is 1. The molecule has 1 fully saturated rings. The molecule has 0 aliphatic heterocycles. The van der Waals surface area contributed by atoms with Crippen LogP contribution in [0.3, 0.4) is 0 Å². The molecule has 0 unspecified atom stereocenters. The molecular formula is C13H24N2O4. The monoisotopic (exact) mass is 272 g/mol. The number of carboxylic acid groups (broad SMARTS) is 1. The molecule has 1 rings (SSSR count). The van der Waals surface area contributed by atoms with Crippen LogP contribution in [0.4, 0.5) is 4.79 Å². The molecule has 0 spiro atoms. The Hall–Kier alpha value is -1.30. The fourth-order valence-electron chi connectivity index (χ4n) is 2.01. The Morgan fingerprint density at radius 2 is 2.00 bits per heavy atom. The van der Waals surface area contributed by atoms with Crippen molar-refractivity contribution in [2.45, 2.75) is 32.7 Å². The lowest BCUT2D eigenvalue weighted by atomic mass is 10.2. The van der Waals surface area contributed by atoms with Crippen molar-refractivity contribution in [1.82, 2.24) is 9.80 Å². The van der Waals surface area contributed by atoms with E-state index in [4.69, 9.17) is 9.84 Å². The average Bonchev–Trinajstić information content (AvgIpc) is 3.11. The fourth-order valence-corrected chi connectivity index (χ4v) is 2.01. The predicted molar refractivity (Wildman–Crippen MR) is 71.0 cm³/mol. The van der Waals surface area contributed by atoms with Crippen LogP contribution in [0.15, 0.2) is 0 Å². The maximum absolute atomic E-state index is 12.4. The van der Waals surface area contributed by atoms with Gasteiger partial charge in [0.1, 0.15) is 6.54 Å². The maximum atomic E-state index is 12.4. The van der Waals surface area contributed by atoms with Gasteiger partial charge in [-0.25, -0.2) is 4.79 Å². The van der Waals surface area contributed by atoms with Gasteiger partial charge >= 0.3 is 12.0 Å². The Balaban J connectivity index is 2.67. The number of rotatable bonds is 8.